The van der Waals surface area contributed by atoms with Crippen LogP contribution >= 0.6 is 0 Å². The van der Waals surface area contributed by atoms with Crippen LogP contribution in [0.1, 0.15) is 33.6 Å². The summed E-state index contributed by atoms with van der Waals surface area (Å²) >= 11 is 0. The van der Waals surface area contributed by atoms with Crippen LogP contribution in [0.2, 0.25) is 0 Å². The summed E-state index contributed by atoms with van der Waals surface area (Å²) in [5, 5.41) is 2.96. The van der Waals surface area contributed by atoms with Gasteiger partial charge >= 0.3 is 0 Å². The molecular formula is C15H16N2O4. The van der Waals surface area contributed by atoms with Gasteiger partial charge in [-0.1, -0.05) is 0 Å². The lowest BCUT2D eigenvalue weighted by atomic mass is 10.0. The molecule has 0 aliphatic carbocycles. The number of carbonyl (C=O) groups is 2. The summed E-state index contributed by atoms with van der Waals surface area (Å²) in [6, 6.07) is 3.38. The second-order valence-corrected chi connectivity index (χ2v) is 5.06. The molecule has 0 spiro atoms. The molecule has 2 aromatic rings. The molecule has 6 heteroatoms. The summed E-state index contributed by atoms with van der Waals surface area (Å²) in [5.74, 6) is -0.160. The van der Waals surface area contributed by atoms with Gasteiger partial charge in [-0.2, -0.15) is 0 Å². The Kier molecular flexibility index (Phi) is 3.77. The molecule has 0 atom stereocenters. The molecule has 1 N–H and O–H groups in total. The third-order valence-corrected chi connectivity index (χ3v) is 3.67. The Labute approximate surface area is 121 Å². The SMILES string of the molecule is O=C(NC1CCN(C(=O)c2ccoc2)CC1)c1ccoc1. The van der Waals surface area contributed by atoms with E-state index in [-0.39, 0.29) is 17.9 Å². The molecule has 1 aliphatic rings. The van der Waals surface area contributed by atoms with Crippen molar-refractivity contribution in [2.45, 2.75) is 18.9 Å². The molecule has 3 heterocycles. The minimum Gasteiger partial charge on any atom is -0.472 e. The molecule has 1 aliphatic heterocycles. The third kappa shape index (κ3) is 2.99. The van der Waals surface area contributed by atoms with E-state index in [1.807, 2.05) is 0 Å². The normalized spacial score (nSPS) is 15.9. The summed E-state index contributed by atoms with van der Waals surface area (Å²) in [5.41, 5.74) is 1.09. The van der Waals surface area contributed by atoms with Crippen molar-refractivity contribution in [3.8, 4) is 0 Å². The van der Waals surface area contributed by atoms with E-state index in [0.717, 1.165) is 12.8 Å². The Morgan fingerprint density at radius 3 is 2.24 bits per heavy atom. The smallest absolute Gasteiger partial charge is 0.257 e. The van der Waals surface area contributed by atoms with Gasteiger partial charge in [0.15, 0.2) is 0 Å². The minimum absolute atomic E-state index is 0.0247. The van der Waals surface area contributed by atoms with Crippen molar-refractivity contribution in [3.05, 3.63) is 48.3 Å². The van der Waals surface area contributed by atoms with Gasteiger partial charge < -0.3 is 19.1 Å². The zero-order valence-corrected chi connectivity index (χ0v) is 11.5. The van der Waals surface area contributed by atoms with E-state index < -0.39 is 0 Å². The molecule has 1 fully saturated rings. The topological polar surface area (TPSA) is 75.7 Å². The fraction of sp³-hybridized carbons (Fsp3) is 0.333. The number of likely N-dealkylation sites (tertiary alicyclic amines) is 1. The van der Waals surface area contributed by atoms with E-state index in [4.69, 9.17) is 8.83 Å². The molecule has 6 nitrogen and oxygen atoms in total. The number of furan rings is 2. The number of amides is 2. The van der Waals surface area contributed by atoms with E-state index in [1.165, 1.54) is 25.1 Å². The van der Waals surface area contributed by atoms with Crippen LogP contribution in [0.15, 0.2) is 46.0 Å². The number of hydrogen-bond donors (Lipinski definition) is 1. The first-order valence-corrected chi connectivity index (χ1v) is 6.88. The first kappa shape index (κ1) is 13.5. The maximum Gasteiger partial charge on any atom is 0.257 e. The lowest BCUT2D eigenvalue weighted by molar-refractivity contribution is 0.0697. The maximum absolute atomic E-state index is 12.1. The number of piperidine rings is 1. The van der Waals surface area contributed by atoms with Gasteiger partial charge in [0, 0.05) is 19.1 Å². The molecular weight excluding hydrogens is 272 g/mol. The summed E-state index contributed by atoms with van der Waals surface area (Å²) in [6.07, 6.45) is 7.33. The molecule has 0 aromatic carbocycles. The molecule has 21 heavy (non-hydrogen) atoms. The van der Waals surface area contributed by atoms with Gasteiger partial charge in [-0.05, 0) is 25.0 Å². The average molecular weight is 288 g/mol. The van der Waals surface area contributed by atoms with Crippen molar-refractivity contribution in [1.82, 2.24) is 10.2 Å². The molecule has 0 unspecified atom stereocenters. The number of nitrogens with zero attached hydrogens (tertiary/aromatic N) is 1. The fourth-order valence-electron chi connectivity index (χ4n) is 2.46. The summed E-state index contributed by atoms with van der Waals surface area (Å²) in [4.78, 5) is 25.8. The highest BCUT2D eigenvalue weighted by Gasteiger charge is 2.25. The highest BCUT2D eigenvalue weighted by atomic mass is 16.3. The molecule has 2 aromatic heterocycles. The Morgan fingerprint density at radius 2 is 1.67 bits per heavy atom. The van der Waals surface area contributed by atoms with Crippen LogP contribution in [-0.2, 0) is 0 Å². The van der Waals surface area contributed by atoms with Crippen LogP contribution in [0.4, 0.5) is 0 Å². The molecule has 1 saturated heterocycles. The second-order valence-electron chi connectivity index (χ2n) is 5.06. The van der Waals surface area contributed by atoms with E-state index in [2.05, 4.69) is 5.32 Å². The molecule has 3 rings (SSSR count). The number of hydrogen-bond acceptors (Lipinski definition) is 4. The third-order valence-electron chi connectivity index (χ3n) is 3.67. The zero-order chi connectivity index (χ0) is 14.7. The standard InChI is InChI=1S/C15H16N2O4/c18-14(11-3-7-20-9-11)16-13-1-5-17(6-2-13)15(19)12-4-8-21-10-12/h3-4,7-10,13H,1-2,5-6H2,(H,16,18). The Morgan fingerprint density at radius 1 is 1.05 bits per heavy atom. The van der Waals surface area contributed by atoms with E-state index in [0.29, 0.717) is 24.2 Å². The van der Waals surface area contributed by atoms with E-state index in [9.17, 15) is 9.59 Å². The van der Waals surface area contributed by atoms with Crippen LogP contribution in [0.25, 0.3) is 0 Å². The molecule has 0 radical (unpaired) electrons. The highest BCUT2D eigenvalue weighted by Crippen LogP contribution is 2.15. The largest absolute Gasteiger partial charge is 0.472 e. The minimum atomic E-state index is -0.136. The predicted molar refractivity (Wildman–Crippen MR) is 73.8 cm³/mol. The number of nitrogens with one attached hydrogen (secondary N) is 1. The quantitative estimate of drug-likeness (QED) is 0.936. The second kappa shape index (κ2) is 5.87. The van der Waals surface area contributed by atoms with Crippen LogP contribution in [0.3, 0.4) is 0 Å². The van der Waals surface area contributed by atoms with Gasteiger partial charge in [-0.15, -0.1) is 0 Å². The van der Waals surface area contributed by atoms with Crippen LogP contribution < -0.4 is 5.32 Å². The fourth-order valence-corrected chi connectivity index (χ4v) is 2.46. The summed E-state index contributed by atoms with van der Waals surface area (Å²) < 4.78 is 9.82. The molecule has 110 valence electrons. The average Bonchev–Trinajstić information content (AvgIpc) is 3.20. The van der Waals surface area contributed by atoms with Crippen LogP contribution in [0, 0.1) is 0 Å². The summed E-state index contributed by atoms with van der Waals surface area (Å²) in [7, 11) is 0. The molecule has 2 amide bonds. The van der Waals surface area contributed by atoms with Gasteiger partial charge in [0.25, 0.3) is 11.8 Å². The van der Waals surface area contributed by atoms with Crippen molar-refractivity contribution >= 4 is 11.8 Å². The Hall–Kier alpha value is -2.50. The van der Waals surface area contributed by atoms with E-state index >= 15 is 0 Å². The number of rotatable bonds is 3. The Balaban J connectivity index is 1.51. The first-order chi connectivity index (χ1) is 10.2. The Bertz CT molecular complexity index is 596. The lowest BCUT2D eigenvalue weighted by Gasteiger charge is -2.32. The van der Waals surface area contributed by atoms with Gasteiger partial charge in [-0.3, -0.25) is 9.59 Å². The van der Waals surface area contributed by atoms with Crippen molar-refractivity contribution in [2.75, 3.05) is 13.1 Å². The first-order valence-electron chi connectivity index (χ1n) is 6.88. The van der Waals surface area contributed by atoms with Crippen molar-refractivity contribution < 1.29 is 18.4 Å². The monoisotopic (exact) mass is 288 g/mol. The van der Waals surface area contributed by atoms with Crippen molar-refractivity contribution in [2.24, 2.45) is 0 Å². The van der Waals surface area contributed by atoms with Crippen LogP contribution in [0.5, 0.6) is 0 Å². The van der Waals surface area contributed by atoms with Gasteiger partial charge in [-0.25, -0.2) is 0 Å². The van der Waals surface area contributed by atoms with E-state index in [1.54, 1.807) is 17.0 Å². The van der Waals surface area contributed by atoms with Crippen LogP contribution in [-0.4, -0.2) is 35.8 Å². The highest BCUT2D eigenvalue weighted by molar-refractivity contribution is 5.94. The zero-order valence-electron chi connectivity index (χ0n) is 11.5. The summed E-state index contributed by atoms with van der Waals surface area (Å²) in [6.45, 7) is 1.25. The van der Waals surface area contributed by atoms with Gasteiger partial charge in [0.1, 0.15) is 12.5 Å². The lowest BCUT2D eigenvalue weighted by Crippen LogP contribution is -2.46. The van der Waals surface area contributed by atoms with Gasteiger partial charge in [0.05, 0.1) is 23.7 Å². The molecule has 0 bridgehead atoms. The van der Waals surface area contributed by atoms with Crippen molar-refractivity contribution in [3.63, 3.8) is 0 Å². The number of carbonyl (C=O) groups excluding carboxylic acids is 2. The maximum atomic E-state index is 12.1. The molecule has 0 saturated carbocycles. The van der Waals surface area contributed by atoms with Crippen molar-refractivity contribution in [1.29, 1.82) is 0 Å². The van der Waals surface area contributed by atoms with Gasteiger partial charge in [0.2, 0.25) is 0 Å². The predicted octanol–water partition coefficient (Wildman–Crippen LogP) is 1.91.